The van der Waals surface area contributed by atoms with Gasteiger partial charge in [-0.05, 0) is 52.7 Å². The molecule has 1 amide bonds. The van der Waals surface area contributed by atoms with Gasteiger partial charge in [0.15, 0.2) is 0 Å². The van der Waals surface area contributed by atoms with Crippen LogP contribution in [0.2, 0.25) is 0 Å². The van der Waals surface area contributed by atoms with Crippen LogP contribution in [0.15, 0.2) is 28.7 Å². The van der Waals surface area contributed by atoms with E-state index in [1.54, 1.807) is 23.1 Å². The van der Waals surface area contributed by atoms with Gasteiger partial charge in [0.2, 0.25) is 0 Å². The highest BCUT2D eigenvalue weighted by atomic mass is 79.9. The lowest BCUT2D eigenvalue weighted by Crippen LogP contribution is -2.43. The predicted octanol–water partition coefficient (Wildman–Crippen LogP) is 2.77. The molecule has 1 aromatic carbocycles. The first kappa shape index (κ1) is 13.6. The molecule has 1 saturated carbocycles. The highest BCUT2D eigenvalue weighted by Crippen LogP contribution is 2.43. The smallest absolute Gasteiger partial charge is 0.326 e. The van der Waals surface area contributed by atoms with Gasteiger partial charge in [-0.25, -0.2) is 4.79 Å². The largest absolute Gasteiger partial charge is 0.480 e. The lowest BCUT2D eigenvalue weighted by molar-refractivity contribution is -0.142. The molecule has 1 N–H and O–H groups in total. The molecule has 3 atom stereocenters. The first-order chi connectivity index (χ1) is 9.59. The second-order valence-corrected chi connectivity index (χ2v) is 6.43. The molecule has 5 heteroatoms. The predicted molar refractivity (Wildman–Crippen MR) is 77.4 cm³/mol. The monoisotopic (exact) mass is 337 g/mol. The first-order valence-electron chi connectivity index (χ1n) is 6.88. The van der Waals surface area contributed by atoms with Gasteiger partial charge in [0.1, 0.15) is 6.04 Å². The summed E-state index contributed by atoms with van der Waals surface area (Å²) in [5.74, 6) is -0.583. The number of nitrogens with zero attached hydrogens (tertiary/aromatic N) is 1. The second-order valence-electron chi connectivity index (χ2n) is 5.58. The highest BCUT2D eigenvalue weighted by molar-refractivity contribution is 9.10. The number of likely N-dealkylation sites (tertiary alicyclic amines) is 1. The third-order valence-corrected chi connectivity index (χ3v) is 5.20. The Labute approximate surface area is 125 Å². The minimum Gasteiger partial charge on any atom is -0.480 e. The molecule has 4 nitrogen and oxygen atoms in total. The molecule has 106 valence electrons. The number of hydrogen-bond donors (Lipinski definition) is 1. The molecule has 0 spiro atoms. The molecule has 0 aromatic heterocycles. The van der Waals surface area contributed by atoms with Gasteiger partial charge < -0.3 is 10.0 Å². The molecule has 2 fully saturated rings. The van der Waals surface area contributed by atoms with Crippen LogP contribution in [0.1, 0.15) is 29.6 Å². The maximum absolute atomic E-state index is 12.6. The Hall–Kier alpha value is -1.36. The minimum atomic E-state index is -0.875. The van der Waals surface area contributed by atoms with Crippen molar-refractivity contribution in [3.05, 3.63) is 34.3 Å². The van der Waals surface area contributed by atoms with Crippen molar-refractivity contribution in [2.75, 3.05) is 6.54 Å². The summed E-state index contributed by atoms with van der Waals surface area (Å²) in [6.45, 7) is 0.571. The summed E-state index contributed by atoms with van der Waals surface area (Å²) in [7, 11) is 0. The van der Waals surface area contributed by atoms with Gasteiger partial charge in [-0.15, -0.1) is 0 Å². The van der Waals surface area contributed by atoms with Crippen molar-refractivity contribution >= 4 is 27.8 Å². The van der Waals surface area contributed by atoms with E-state index in [4.69, 9.17) is 0 Å². The number of rotatable bonds is 2. The van der Waals surface area contributed by atoms with Crippen LogP contribution in [0.3, 0.4) is 0 Å². The molecule has 0 radical (unpaired) electrons. The van der Waals surface area contributed by atoms with Crippen molar-refractivity contribution in [1.82, 2.24) is 4.90 Å². The molecule has 1 aliphatic carbocycles. The van der Waals surface area contributed by atoms with Crippen LogP contribution in [0.4, 0.5) is 0 Å². The van der Waals surface area contributed by atoms with Gasteiger partial charge in [-0.2, -0.15) is 0 Å². The van der Waals surface area contributed by atoms with Crippen molar-refractivity contribution in [2.24, 2.45) is 11.8 Å². The van der Waals surface area contributed by atoms with Crippen molar-refractivity contribution < 1.29 is 14.7 Å². The van der Waals surface area contributed by atoms with Gasteiger partial charge in [-0.3, -0.25) is 4.79 Å². The number of carboxylic acids is 1. The van der Waals surface area contributed by atoms with Crippen molar-refractivity contribution in [1.29, 1.82) is 0 Å². The van der Waals surface area contributed by atoms with Gasteiger partial charge in [0.05, 0.1) is 5.56 Å². The Morgan fingerprint density at radius 1 is 1.25 bits per heavy atom. The number of aliphatic carboxylic acids is 1. The van der Waals surface area contributed by atoms with E-state index in [1.807, 2.05) is 6.07 Å². The Bertz CT molecular complexity index is 560. The number of carbonyl (C=O) groups is 2. The topological polar surface area (TPSA) is 57.6 Å². The van der Waals surface area contributed by atoms with E-state index >= 15 is 0 Å². The minimum absolute atomic E-state index is 0.124. The van der Waals surface area contributed by atoms with E-state index in [2.05, 4.69) is 15.9 Å². The highest BCUT2D eigenvalue weighted by Gasteiger charge is 2.49. The standard InChI is InChI=1S/C15H16BrNO3/c16-12-7-2-1-5-11(12)14(18)17-8-9-4-3-6-10(9)13(17)15(19)20/h1-2,5,7,9-10,13H,3-4,6,8H2,(H,19,20). The van der Waals surface area contributed by atoms with Crippen molar-refractivity contribution in [3.63, 3.8) is 0 Å². The third-order valence-electron chi connectivity index (χ3n) is 4.51. The van der Waals surface area contributed by atoms with Crippen LogP contribution < -0.4 is 0 Å². The molecule has 1 saturated heterocycles. The molecule has 1 heterocycles. The number of carbonyl (C=O) groups excluding carboxylic acids is 1. The first-order valence-corrected chi connectivity index (χ1v) is 7.67. The summed E-state index contributed by atoms with van der Waals surface area (Å²) in [5.41, 5.74) is 0.540. The Morgan fingerprint density at radius 2 is 2.00 bits per heavy atom. The maximum Gasteiger partial charge on any atom is 0.326 e. The van der Waals surface area contributed by atoms with Crippen molar-refractivity contribution in [3.8, 4) is 0 Å². The van der Waals surface area contributed by atoms with Gasteiger partial charge in [0, 0.05) is 11.0 Å². The fourth-order valence-electron chi connectivity index (χ4n) is 3.62. The molecule has 3 rings (SSSR count). The summed E-state index contributed by atoms with van der Waals surface area (Å²) < 4.78 is 0.714. The van der Waals surface area contributed by atoms with Gasteiger partial charge in [0.25, 0.3) is 5.91 Å². The zero-order chi connectivity index (χ0) is 14.3. The Morgan fingerprint density at radius 3 is 2.70 bits per heavy atom. The second kappa shape index (κ2) is 5.20. The summed E-state index contributed by atoms with van der Waals surface area (Å²) in [6, 6.07) is 6.51. The van der Waals surface area contributed by atoms with Crippen LogP contribution in [-0.4, -0.2) is 34.5 Å². The van der Waals surface area contributed by atoms with E-state index < -0.39 is 12.0 Å². The molecule has 1 aromatic rings. The zero-order valence-electron chi connectivity index (χ0n) is 11.0. The number of halogens is 1. The number of fused-ring (bicyclic) bond motifs is 1. The van der Waals surface area contributed by atoms with E-state index in [9.17, 15) is 14.7 Å². The summed E-state index contributed by atoms with van der Waals surface area (Å²) in [4.78, 5) is 25.8. The lowest BCUT2D eigenvalue weighted by atomic mass is 9.94. The number of amides is 1. The fourth-order valence-corrected chi connectivity index (χ4v) is 4.07. The Kier molecular flexibility index (Phi) is 3.54. The molecular weight excluding hydrogens is 322 g/mol. The van der Waals surface area contributed by atoms with Gasteiger partial charge in [-0.1, -0.05) is 18.6 Å². The summed E-state index contributed by atoms with van der Waals surface area (Å²) in [5, 5.41) is 9.49. The number of hydrogen-bond acceptors (Lipinski definition) is 2. The molecule has 2 aliphatic rings. The number of carboxylic acid groups (broad SMARTS) is 1. The molecule has 3 unspecified atom stereocenters. The molecular formula is C15H16BrNO3. The quantitative estimate of drug-likeness (QED) is 0.902. The van der Waals surface area contributed by atoms with Crippen molar-refractivity contribution in [2.45, 2.75) is 25.3 Å². The average Bonchev–Trinajstić information content (AvgIpc) is 2.97. The zero-order valence-corrected chi connectivity index (χ0v) is 12.5. The maximum atomic E-state index is 12.6. The van der Waals surface area contributed by atoms with E-state index in [1.165, 1.54) is 0 Å². The molecule has 1 aliphatic heterocycles. The normalized spacial score (nSPS) is 28.4. The van der Waals surface area contributed by atoms with E-state index in [0.29, 0.717) is 22.5 Å². The fraction of sp³-hybridized carbons (Fsp3) is 0.467. The summed E-state index contributed by atoms with van der Waals surface area (Å²) in [6.07, 6.45) is 3.03. The van der Waals surface area contributed by atoms with Crippen LogP contribution >= 0.6 is 15.9 Å². The summed E-state index contributed by atoms with van der Waals surface area (Å²) >= 11 is 3.37. The molecule has 0 bridgehead atoms. The lowest BCUT2D eigenvalue weighted by Gasteiger charge is -2.24. The van der Waals surface area contributed by atoms with Crippen LogP contribution in [0, 0.1) is 11.8 Å². The Balaban J connectivity index is 1.91. The molecule has 20 heavy (non-hydrogen) atoms. The van der Waals surface area contributed by atoms with E-state index in [0.717, 1.165) is 19.3 Å². The van der Waals surface area contributed by atoms with Crippen LogP contribution in [-0.2, 0) is 4.79 Å². The van der Waals surface area contributed by atoms with Crippen LogP contribution in [0.25, 0.3) is 0 Å². The van der Waals surface area contributed by atoms with Gasteiger partial charge >= 0.3 is 5.97 Å². The van der Waals surface area contributed by atoms with Crippen LogP contribution in [0.5, 0.6) is 0 Å². The SMILES string of the molecule is O=C(O)C1C2CCCC2CN1C(=O)c1ccccc1Br. The number of benzene rings is 1. The van der Waals surface area contributed by atoms with E-state index in [-0.39, 0.29) is 11.8 Å². The third kappa shape index (κ3) is 2.14. The average molecular weight is 338 g/mol.